The fourth-order valence-electron chi connectivity index (χ4n) is 2.56. The van der Waals surface area contributed by atoms with Gasteiger partial charge in [0.2, 0.25) is 0 Å². The number of Topliss-reactive ketones (excluding diaryl/α,β-unsaturated/α-hetero) is 1. The van der Waals surface area contributed by atoms with Gasteiger partial charge in [-0.25, -0.2) is 0 Å². The van der Waals surface area contributed by atoms with Crippen LogP contribution < -0.4 is 0 Å². The highest BCUT2D eigenvalue weighted by Crippen LogP contribution is 2.43. The van der Waals surface area contributed by atoms with Crippen molar-refractivity contribution in [1.29, 1.82) is 0 Å². The van der Waals surface area contributed by atoms with Gasteiger partial charge < -0.3 is 0 Å². The van der Waals surface area contributed by atoms with E-state index in [9.17, 15) is 4.79 Å². The Kier molecular flexibility index (Phi) is 1.97. The highest BCUT2D eigenvalue weighted by Gasteiger charge is 2.41. The van der Waals surface area contributed by atoms with E-state index in [-0.39, 0.29) is 5.41 Å². The van der Waals surface area contributed by atoms with Crippen LogP contribution in [0.1, 0.15) is 51.9 Å². The Morgan fingerprint density at radius 1 is 1.17 bits per heavy atom. The zero-order valence-corrected chi connectivity index (χ0v) is 7.94. The van der Waals surface area contributed by atoms with E-state index in [1.807, 2.05) is 0 Å². The molecule has 0 saturated heterocycles. The van der Waals surface area contributed by atoms with Crippen molar-refractivity contribution in [2.75, 3.05) is 0 Å². The summed E-state index contributed by atoms with van der Waals surface area (Å²) in [6.45, 7) is 2.18. The monoisotopic (exact) mass is 166 g/mol. The van der Waals surface area contributed by atoms with Gasteiger partial charge in [-0.05, 0) is 25.7 Å². The molecular weight excluding hydrogens is 148 g/mol. The maximum atomic E-state index is 11.9. The Bertz CT molecular complexity index is 185. The zero-order chi connectivity index (χ0) is 8.60. The second-order valence-corrected chi connectivity index (χ2v) is 4.76. The van der Waals surface area contributed by atoms with Crippen LogP contribution >= 0.6 is 0 Å². The third-order valence-electron chi connectivity index (χ3n) is 3.78. The predicted octanol–water partition coefficient (Wildman–Crippen LogP) is 2.94. The molecule has 2 aliphatic rings. The summed E-state index contributed by atoms with van der Waals surface area (Å²) in [5.41, 5.74) is 0.0884. The summed E-state index contributed by atoms with van der Waals surface area (Å²) in [5, 5.41) is 0. The van der Waals surface area contributed by atoms with Crippen molar-refractivity contribution in [3.05, 3.63) is 0 Å². The molecule has 68 valence electrons. The van der Waals surface area contributed by atoms with Crippen LogP contribution in [0.2, 0.25) is 0 Å². The summed E-state index contributed by atoms with van der Waals surface area (Å²) in [4.78, 5) is 11.9. The molecule has 0 radical (unpaired) electrons. The summed E-state index contributed by atoms with van der Waals surface area (Å²) >= 11 is 0. The van der Waals surface area contributed by atoms with Gasteiger partial charge in [0.25, 0.3) is 0 Å². The quantitative estimate of drug-likeness (QED) is 0.616. The zero-order valence-electron chi connectivity index (χ0n) is 7.94. The van der Waals surface area contributed by atoms with Crippen LogP contribution in [0.4, 0.5) is 0 Å². The predicted molar refractivity (Wildman–Crippen MR) is 48.9 cm³/mol. The SMILES string of the molecule is CC1(C(=O)C2CCC2)CCCC1. The number of ketones is 1. The number of rotatable bonds is 2. The summed E-state index contributed by atoms with van der Waals surface area (Å²) in [7, 11) is 0. The van der Waals surface area contributed by atoms with Crippen molar-refractivity contribution in [1.82, 2.24) is 0 Å². The molecule has 0 aromatic rings. The number of hydrogen-bond acceptors (Lipinski definition) is 1. The molecule has 0 unspecified atom stereocenters. The molecule has 0 aromatic heterocycles. The standard InChI is InChI=1S/C11H18O/c1-11(7-2-3-8-11)10(12)9-5-4-6-9/h9H,2-8H2,1H3. The number of carbonyl (C=O) groups is 1. The molecule has 0 amide bonds. The van der Waals surface area contributed by atoms with Crippen LogP contribution in [-0.4, -0.2) is 5.78 Å². The van der Waals surface area contributed by atoms with Gasteiger partial charge in [0, 0.05) is 11.3 Å². The Labute approximate surface area is 74.5 Å². The van der Waals surface area contributed by atoms with Gasteiger partial charge in [0.15, 0.2) is 0 Å². The van der Waals surface area contributed by atoms with Crippen LogP contribution in [0.25, 0.3) is 0 Å². The summed E-state index contributed by atoms with van der Waals surface area (Å²) in [5.74, 6) is 1.04. The minimum atomic E-state index is 0.0884. The van der Waals surface area contributed by atoms with Gasteiger partial charge in [0.05, 0.1) is 0 Å². The van der Waals surface area contributed by atoms with Crippen LogP contribution in [0.15, 0.2) is 0 Å². The lowest BCUT2D eigenvalue weighted by molar-refractivity contribution is -0.134. The van der Waals surface area contributed by atoms with Crippen LogP contribution in [0, 0.1) is 11.3 Å². The third-order valence-corrected chi connectivity index (χ3v) is 3.78. The Morgan fingerprint density at radius 3 is 2.17 bits per heavy atom. The molecular formula is C11H18O. The molecule has 12 heavy (non-hydrogen) atoms. The lowest BCUT2D eigenvalue weighted by Crippen LogP contribution is -2.34. The van der Waals surface area contributed by atoms with Crippen molar-refractivity contribution in [2.45, 2.75) is 51.9 Å². The molecule has 2 aliphatic carbocycles. The van der Waals surface area contributed by atoms with E-state index in [1.54, 1.807) is 0 Å². The molecule has 2 fully saturated rings. The topological polar surface area (TPSA) is 17.1 Å². The van der Waals surface area contributed by atoms with Gasteiger partial charge in [0.1, 0.15) is 5.78 Å². The van der Waals surface area contributed by atoms with Crippen LogP contribution in [0.5, 0.6) is 0 Å². The van der Waals surface area contributed by atoms with E-state index in [0.717, 1.165) is 12.8 Å². The first-order chi connectivity index (χ1) is 5.72. The molecule has 1 heteroatoms. The Morgan fingerprint density at radius 2 is 1.75 bits per heavy atom. The largest absolute Gasteiger partial charge is 0.299 e. The molecule has 0 aromatic carbocycles. The van der Waals surface area contributed by atoms with E-state index in [0.29, 0.717) is 11.7 Å². The smallest absolute Gasteiger partial charge is 0.141 e. The highest BCUT2D eigenvalue weighted by molar-refractivity contribution is 5.87. The molecule has 1 nitrogen and oxygen atoms in total. The normalized spacial score (nSPS) is 28.4. The lowest BCUT2D eigenvalue weighted by atomic mass is 9.70. The fraction of sp³-hybridized carbons (Fsp3) is 0.909. The molecule has 2 saturated carbocycles. The molecule has 0 N–H and O–H groups in total. The molecule has 0 aliphatic heterocycles. The number of carbonyl (C=O) groups excluding carboxylic acids is 1. The second-order valence-electron chi connectivity index (χ2n) is 4.76. The molecule has 0 bridgehead atoms. The van der Waals surface area contributed by atoms with Gasteiger partial charge >= 0.3 is 0 Å². The lowest BCUT2D eigenvalue weighted by Gasteiger charge is -2.32. The van der Waals surface area contributed by atoms with Crippen molar-refractivity contribution in [3.63, 3.8) is 0 Å². The molecule has 0 heterocycles. The van der Waals surface area contributed by atoms with E-state index in [1.165, 1.54) is 32.1 Å². The van der Waals surface area contributed by atoms with Gasteiger partial charge in [-0.15, -0.1) is 0 Å². The van der Waals surface area contributed by atoms with E-state index < -0.39 is 0 Å². The average Bonchev–Trinajstić information content (AvgIpc) is 2.33. The first kappa shape index (κ1) is 8.28. The number of hydrogen-bond donors (Lipinski definition) is 0. The molecule has 0 spiro atoms. The third kappa shape index (κ3) is 1.19. The van der Waals surface area contributed by atoms with E-state index in [4.69, 9.17) is 0 Å². The Balaban J connectivity index is 2.01. The maximum absolute atomic E-state index is 11.9. The van der Waals surface area contributed by atoms with Crippen molar-refractivity contribution in [3.8, 4) is 0 Å². The van der Waals surface area contributed by atoms with Crippen LogP contribution in [0.3, 0.4) is 0 Å². The summed E-state index contributed by atoms with van der Waals surface area (Å²) in [6, 6.07) is 0. The van der Waals surface area contributed by atoms with E-state index >= 15 is 0 Å². The van der Waals surface area contributed by atoms with Crippen molar-refractivity contribution in [2.24, 2.45) is 11.3 Å². The fourth-order valence-corrected chi connectivity index (χ4v) is 2.56. The first-order valence-corrected chi connectivity index (χ1v) is 5.27. The minimum absolute atomic E-state index is 0.0884. The first-order valence-electron chi connectivity index (χ1n) is 5.27. The van der Waals surface area contributed by atoms with Gasteiger partial charge in [-0.3, -0.25) is 4.79 Å². The van der Waals surface area contributed by atoms with Crippen LogP contribution in [-0.2, 0) is 4.79 Å². The van der Waals surface area contributed by atoms with Gasteiger partial charge in [-0.2, -0.15) is 0 Å². The highest BCUT2D eigenvalue weighted by atomic mass is 16.1. The Hall–Kier alpha value is -0.330. The van der Waals surface area contributed by atoms with E-state index in [2.05, 4.69) is 6.92 Å². The maximum Gasteiger partial charge on any atom is 0.141 e. The second kappa shape index (κ2) is 2.86. The van der Waals surface area contributed by atoms with Crippen molar-refractivity contribution < 1.29 is 4.79 Å². The average molecular weight is 166 g/mol. The minimum Gasteiger partial charge on any atom is -0.299 e. The molecule has 0 atom stereocenters. The summed E-state index contributed by atoms with van der Waals surface area (Å²) < 4.78 is 0. The van der Waals surface area contributed by atoms with Crippen molar-refractivity contribution >= 4 is 5.78 Å². The van der Waals surface area contributed by atoms with Gasteiger partial charge in [-0.1, -0.05) is 26.2 Å². The molecule has 2 rings (SSSR count). The summed E-state index contributed by atoms with van der Waals surface area (Å²) in [6.07, 6.45) is 8.49.